The molecule has 2 heterocycles. The van der Waals surface area contributed by atoms with Crippen molar-refractivity contribution in [3.05, 3.63) is 35.9 Å². The number of morpholine rings is 1. The summed E-state index contributed by atoms with van der Waals surface area (Å²) in [4.78, 5) is 14.5. The molecule has 2 atom stereocenters. The maximum atomic E-state index is 12.6. The molecule has 1 N–H and O–H groups in total. The zero-order chi connectivity index (χ0) is 13.8. The first kappa shape index (κ1) is 13.6. The average molecular weight is 274 g/mol. The molecule has 2 aliphatic rings. The van der Waals surface area contributed by atoms with E-state index in [1.165, 1.54) is 5.56 Å². The maximum Gasteiger partial charge on any atom is 0.227 e. The molecule has 1 aromatic rings. The van der Waals surface area contributed by atoms with Crippen LogP contribution in [0, 0.1) is 5.92 Å². The molecule has 0 saturated carbocycles. The molecule has 1 aromatic carbocycles. The maximum absolute atomic E-state index is 12.6. The van der Waals surface area contributed by atoms with Crippen molar-refractivity contribution < 1.29 is 9.53 Å². The first-order valence-electron chi connectivity index (χ1n) is 7.47. The lowest BCUT2D eigenvalue weighted by Gasteiger charge is -2.35. The fourth-order valence-corrected chi connectivity index (χ4v) is 3.15. The van der Waals surface area contributed by atoms with Crippen molar-refractivity contribution in [2.75, 3.05) is 39.4 Å². The van der Waals surface area contributed by atoms with Gasteiger partial charge in [0.25, 0.3) is 0 Å². The minimum atomic E-state index is 0.104. The molecule has 3 rings (SSSR count). The molecule has 0 radical (unpaired) electrons. The summed E-state index contributed by atoms with van der Waals surface area (Å²) in [5.74, 6) is 0.841. The number of rotatable bonds is 2. The Morgan fingerprint density at radius 3 is 2.65 bits per heavy atom. The Labute approximate surface area is 120 Å². The fraction of sp³-hybridized carbons (Fsp3) is 0.562. The van der Waals surface area contributed by atoms with Crippen molar-refractivity contribution >= 4 is 5.91 Å². The van der Waals surface area contributed by atoms with Crippen molar-refractivity contribution in [3.8, 4) is 0 Å². The summed E-state index contributed by atoms with van der Waals surface area (Å²) in [6.07, 6.45) is 0.952. The highest BCUT2D eigenvalue weighted by Gasteiger charge is 2.31. The third-order valence-corrected chi connectivity index (χ3v) is 4.29. The van der Waals surface area contributed by atoms with Crippen LogP contribution in [-0.4, -0.2) is 50.2 Å². The summed E-state index contributed by atoms with van der Waals surface area (Å²) in [6, 6.07) is 10.5. The van der Waals surface area contributed by atoms with E-state index in [1.54, 1.807) is 0 Å². The van der Waals surface area contributed by atoms with E-state index in [-0.39, 0.29) is 5.92 Å². The van der Waals surface area contributed by atoms with Gasteiger partial charge in [0.15, 0.2) is 0 Å². The molecule has 2 unspecified atom stereocenters. The van der Waals surface area contributed by atoms with E-state index in [1.807, 2.05) is 11.0 Å². The van der Waals surface area contributed by atoms with E-state index in [9.17, 15) is 4.79 Å². The van der Waals surface area contributed by atoms with E-state index in [4.69, 9.17) is 4.74 Å². The molecule has 0 bridgehead atoms. The zero-order valence-corrected chi connectivity index (χ0v) is 11.8. The molecule has 0 aromatic heterocycles. The van der Waals surface area contributed by atoms with Gasteiger partial charge in [-0.3, -0.25) is 4.79 Å². The highest BCUT2D eigenvalue weighted by Crippen LogP contribution is 2.27. The number of nitrogens with one attached hydrogen (secondary N) is 1. The van der Waals surface area contributed by atoms with Crippen LogP contribution < -0.4 is 5.32 Å². The van der Waals surface area contributed by atoms with Gasteiger partial charge in [0.05, 0.1) is 19.1 Å². The van der Waals surface area contributed by atoms with Gasteiger partial charge in [-0.25, -0.2) is 0 Å². The van der Waals surface area contributed by atoms with E-state index in [0.29, 0.717) is 25.0 Å². The summed E-state index contributed by atoms with van der Waals surface area (Å²) in [7, 11) is 0. The number of hydrogen-bond acceptors (Lipinski definition) is 3. The van der Waals surface area contributed by atoms with Crippen LogP contribution in [0.3, 0.4) is 0 Å². The second-order valence-electron chi connectivity index (χ2n) is 5.64. The van der Waals surface area contributed by atoms with Gasteiger partial charge in [-0.2, -0.15) is 0 Å². The van der Waals surface area contributed by atoms with Crippen LogP contribution >= 0.6 is 0 Å². The normalized spacial score (nSPS) is 27.3. The van der Waals surface area contributed by atoms with E-state index in [0.717, 1.165) is 32.6 Å². The Kier molecular flexibility index (Phi) is 4.33. The topological polar surface area (TPSA) is 41.6 Å². The van der Waals surface area contributed by atoms with Crippen LogP contribution in [0.2, 0.25) is 0 Å². The van der Waals surface area contributed by atoms with Gasteiger partial charge < -0.3 is 15.0 Å². The number of piperidine rings is 1. The van der Waals surface area contributed by atoms with Gasteiger partial charge in [-0.05, 0) is 17.9 Å². The van der Waals surface area contributed by atoms with Gasteiger partial charge >= 0.3 is 0 Å². The highest BCUT2D eigenvalue weighted by molar-refractivity contribution is 5.79. The largest absolute Gasteiger partial charge is 0.378 e. The number of hydrogen-bond donors (Lipinski definition) is 1. The zero-order valence-electron chi connectivity index (χ0n) is 11.8. The summed E-state index contributed by atoms with van der Waals surface area (Å²) in [5.41, 5.74) is 1.33. The van der Waals surface area contributed by atoms with Crippen molar-refractivity contribution in [1.29, 1.82) is 0 Å². The number of nitrogens with zero attached hydrogens (tertiary/aromatic N) is 1. The van der Waals surface area contributed by atoms with Crippen molar-refractivity contribution in [2.24, 2.45) is 5.92 Å². The number of benzene rings is 1. The first-order chi connectivity index (χ1) is 9.84. The molecule has 0 aliphatic carbocycles. The molecule has 4 heteroatoms. The van der Waals surface area contributed by atoms with Gasteiger partial charge in [0, 0.05) is 26.2 Å². The second-order valence-corrected chi connectivity index (χ2v) is 5.64. The van der Waals surface area contributed by atoms with Crippen LogP contribution in [0.25, 0.3) is 0 Å². The van der Waals surface area contributed by atoms with E-state index in [2.05, 4.69) is 29.6 Å². The summed E-state index contributed by atoms with van der Waals surface area (Å²) in [6.45, 7) is 4.61. The average Bonchev–Trinajstić information content (AvgIpc) is 2.56. The molecule has 0 spiro atoms. The Morgan fingerprint density at radius 2 is 1.90 bits per heavy atom. The lowest BCUT2D eigenvalue weighted by Crippen LogP contribution is -2.48. The molecule has 108 valence electrons. The molecule has 20 heavy (non-hydrogen) atoms. The van der Waals surface area contributed by atoms with Crippen LogP contribution in [0.4, 0.5) is 0 Å². The summed E-state index contributed by atoms with van der Waals surface area (Å²) < 4.78 is 5.32. The molecule has 2 aliphatic heterocycles. The number of ether oxygens (including phenoxy) is 1. The number of carbonyl (C=O) groups is 1. The molecule has 2 fully saturated rings. The van der Waals surface area contributed by atoms with Crippen LogP contribution in [0.1, 0.15) is 17.9 Å². The number of carbonyl (C=O) groups excluding carboxylic acids is 1. The molecular weight excluding hydrogens is 252 g/mol. The Hall–Kier alpha value is -1.39. The lowest BCUT2D eigenvalue weighted by molar-refractivity contribution is -0.140. The van der Waals surface area contributed by atoms with Gasteiger partial charge in [-0.15, -0.1) is 0 Å². The molecular formula is C16H22N2O2. The third kappa shape index (κ3) is 3.02. The molecule has 1 amide bonds. The fourth-order valence-electron chi connectivity index (χ4n) is 3.15. The number of amides is 1. The Bertz CT molecular complexity index is 443. The second kappa shape index (κ2) is 6.37. The minimum Gasteiger partial charge on any atom is -0.378 e. The standard InChI is InChI=1S/C16H22N2O2/c19-16(18-6-8-20-9-7-18)15-10-14(11-17-12-15)13-4-2-1-3-5-13/h1-5,14-15,17H,6-12H2. The first-order valence-corrected chi connectivity index (χ1v) is 7.47. The molecule has 4 nitrogen and oxygen atoms in total. The van der Waals surface area contributed by atoms with Gasteiger partial charge in [0.1, 0.15) is 0 Å². The Balaban J connectivity index is 1.64. The van der Waals surface area contributed by atoms with Crippen LogP contribution in [-0.2, 0) is 9.53 Å². The van der Waals surface area contributed by atoms with Crippen molar-refractivity contribution in [1.82, 2.24) is 10.2 Å². The van der Waals surface area contributed by atoms with E-state index < -0.39 is 0 Å². The van der Waals surface area contributed by atoms with Gasteiger partial charge in [-0.1, -0.05) is 30.3 Å². The predicted molar refractivity (Wildman–Crippen MR) is 77.6 cm³/mol. The van der Waals surface area contributed by atoms with Gasteiger partial charge in [0.2, 0.25) is 5.91 Å². The highest BCUT2D eigenvalue weighted by atomic mass is 16.5. The lowest BCUT2D eigenvalue weighted by atomic mass is 9.85. The molecule has 2 saturated heterocycles. The summed E-state index contributed by atoms with van der Waals surface area (Å²) >= 11 is 0. The van der Waals surface area contributed by atoms with Crippen LogP contribution in [0.15, 0.2) is 30.3 Å². The van der Waals surface area contributed by atoms with Crippen molar-refractivity contribution in [2.45, 2.75) is 12.3 Å². The third-order valence-electron chi connectivity index (χ3n) is 4.29. The predicted octanol–water partition coefficient (Wildman–Crippen LogP) is 1.24. The smallest absolute Gasteiger partial charge is 0.227 e. The van der Waals surface area contributed by atoms with Crippen LogP contribution in [0.5, 0.6) is 0 Å². The minimum absolute atomic E-state index is 0.104. The van der Waals surface area contributed by atoms with E-state index >= 15 is 0 Å². The monoisotopic (exact) mass is 274 g/mol. The van der Waals surface area contributed by atoms with Crippen molar-refractivity contribution in [3.63, 3.8) is 0 Å². The SMILES string of the molecule is O=C(C1CNCC(c2ccccc2)C1)N1CCOCC1. The Morgan fingerprint density at radius 1 is 1.15 bits per heavy atom. The quantitative estimate of drug-likeness (QED) is 0.882. The summed E-state index contributed by atoms with van der Waals surface area (Å²) in [5, 5.41) is 3.42.